The Bertz CT molecular complexity index is 329. The molecule has 0 amide bonds. The predicted molar refractivity (Wildman–Crippen MR) is 59.0 cm³/mol. The van der Waals surface area contributed by atoms with Gasteiger partial charge >= 0.3 is 0 Å². The van der Waals surface area contributed by atoms with Crippen LogP contribution in [-0.4, -0.2) is 36.8 Å². The highest BCUT2D eigenvalue weighted by atomic mass is 32.2. The van der Waals surface area contributed by atoms with Gasteiger partial charge in [-0.25, -0.2) is 12.7 Å². The normalized spacial score (nSPS) is 25.1. The minimum atomic E-state index is -3.27. The summed E-state index contributed by atoms with van der Waals surface area (Å²) in [5, 5.41) is 0. The third-order valence-corrected chi connectivity index (χ3v) is 5.29. The number of sulfonamides is 1. The molecule has 15 heavy (non-hydrogen) atoms. The summed E-state index contributed by atoms with van der Waals surface area (Å²) < 4.78 is 24.8. The molecule has 1 atom stereocenters. The largest absolute Gasteiger partial charge is 0.303 e. The molecule has 0 aromatic rings. The van der Waals surface area contributed by atoms with Gasteiger partial charge in [0.05, 0.1) is 4.75 Å². The second kappa shape index (κ2) is 4.22. The molecule has 0 aromatic heterocycles. The first-order valence-corrected chi connectivity index (χ1v) is 6.68. The molecule has 0 bridgehead atoms. The van der Waals surface area contributed by atoms with Crippen LogP contribution in [0.2, 0.25) is 0 Å². The predicted octanol–water partition coefficient (Wildman–Crippen LogP) is 1.03. The van der Waals surface area contributed by atoms with Gasteiger partial charge in [0.25, 0.3) is 0 Å². The fraction of sp³-hybridized carbons (Fsp3) is 0.900. The third-order valence-electron chi connectivity index (χ3n) is 2.73. The quantitative estimate of drug-likeness (QED) is 0.669. The molecular formula is C10H19NO3S. The maximum Gasteiger partial charge on any atom is 0.219 e. The molecule has 1 fully saturated rings. The van der Waals surface area contributed by atoms with E-state index in [9.17, 15) is 13.2 Å². The van der Waals surface area contributed by atoms with Crippen molar-refractivity contribution in [1.29, 1.82) is 0 Å². The minimum absolute atomic E-state index is 0.129. The van der Waals surface area contributed by atoms with E-state index in [1.807, 2.05) is 0 Å². The van der Waals surface area contributed by atoms with E-state index in [1.165, 1.54) is 4.31 Å². The molecule has 1 aliphatic heterocycles. The van der Waals surface area contributed by atoms with Gasteiger partial charge in [0.1, 0.15) is 6.29 Å². The number of nitrogens with zero attached hydrogens (tertiary/aromatic N) is 1. The molecule has 0 N–H and O–H groups in total. The van der Waals surface area contributed by atoms with Crippen LogP contribution in [-0.2, 0) is 14.8 Å². The van der Waals surface area contributed by atoms with Crippen LogP contribution in [0.1, 0.15) is 33.6 Å². The van der Waals surface area contributed by atoms with E-state index in [4.69, 9.17) is 0 Å². The molecule has 0 aliphatic carbocycles. The fourth-order valence-electron chi connectivity index (χ4n) is 1.69. The first kappa shape index (κ1) is 12.6. The minimum Gasteiger partial charge on any atom is -0.303 e. The summed E-state index contributed by atoms with van der Waals surface area (Å²) in [6.45, 7) is 5.96. The Hall–Kier alpha value is -0.420. The van der Waals surface area contributed by atoms with Gasteiger partial charge in [-0.2, -0.15) is 0 Å². The van der Waals surface area contributed by atoms with Gasteiger partial charge in [0.15, 0.2) is 0 Å². The van der Waals surface area contributed by atoms with Crippen molar-refractivity contribution in [3.63, 3.8) is 0 Å². The van der Waals surface area contributed by atoms with Crippen molar-refractivity contribution in [2.45, 2.75) is 38.4 Å². The summed E-state index contributed by atoms with van der Waals surface area (Å²) in [7, 11) is -3.27. The summed E-state index contributed by atoms with van der Waals surface area (Å²) in [6.07, 6.45) is 2.45. The lowest BCUT2D eigenvalue weighted by atomic mass is 10.0. The smallest absolute Gasteiger partial charge is 0.219 e. The van der Waals surface area contributed by atoms with Crippen LogP contribution in [0.3, 0.4) is 0 Å². The Kier molecular flexibility index (Phi) is 3.55. The van der Waals surface area contributed by atoms with Crippen molar-refractivity contribution in [3.8, 4) is 0 Å². The van der Waals surface area contributed by atoms with Crippen LogP contribution >= 0.6 is 0 Å². The van der Waals surface area contributed by atoms with Crippen molar-refractivity contribution in [3.05, 3.63) is 0 Å². The number of aldehydes is 1. The molecule has 0 spiro atoms. The fourth-order valence-corrected chi connectivity index (χ4v) is 3.22. The lowest BCUT2D eigenvalue weighted by Crippen LogP contribution is -2.47. The van der Waals surface area contributed by atoms with Crippen molar-refractivity contribution in [1.82, 2.24) is 4.31 Å². The Labute approximate surface area is 91.7 Å². The van der Waals surface area contributed by atoms with E-state index in [0.717, 1.165) is 19.1 Å². The zero-order chi connectivity index (χ0) is 11.7. The van der Waals surface area contributed by atoms with Crippen molar-refractivity contribution < 1.29 is 13.2 Å². The summed E-state index contributed by atoms with van der Waals surface area (Å²) >= 11 is 0. The Morgan fingerprint density at radius 3 is 2.40 bits per heavy atom. The van der Waals surface area contributed by atoms with Gasteiger partial charge in [0.2, 0.25) is 10.0 Å². The standard InChI is InChI=1S/C10H19NO3S/c1-10(2,3)15(13,14)11-6-4-5-9(7-11)8-12/h8-9H,4-7H2,1-3H3. The molecule has 4 nitrogen and oxygen atoms in total. The van der Waals surface area contributed by atoms with Crippen molar-refractivity contribution >= 4 is 16.3 Å². The van der Waals surface area contributed by atoms with Gasteiger partial charge in [-0.05, 0) is 33.6 Å². The summed E-state index contributed by atoms with van der Waals surface area (Å²) in [5.41, 5.74) is 0. The summed E-state index contributed by atoms with van der Waals surface area (Å²) in [5.74, 6) is -0.129. The Balaban J connectivity index is 2.85. The van der Waals surface area contributed by atoms with Gasteiger partial charge in [0, 0.05) is 19.0 Å². The van der Waals surface area contributed by atoms with Gasteiger partial charge in [-0.15, -0.1) is 0 Å². The third kappa shape index (κ3) is 2.58. The Morgan fingerprint density at radius 1 is 1.33 bits per heavy atom. The molecule has 0 radical (unpaired) electrons. The first-order valence-electron chi connectivity index (χ1n) is 5.24. The molecule has 1 unspecified atom stereocenters. The van der Waals surface area contributed by atoms with Gasteiger partial charge in [-0.3, -0.25) is 0 Å². The highest BCUT2D eigenvalue weighted by molar-refractivity contribution is 7.90. The van der Waals surface area contributed by atoms with Gasteiger partial charge in [-0.1, -0.05) is 0 Å². The molecule has 88 valence electrons. The van der Waals surface area contributed by atoms with Crippen LogP contribution in [0.4, 0.5) is 0 Å². The van der Waals surface area contributed by atoms with E-state index < -0.39 is 14.8 Å². The lowest BCUT2D eigenvalue weighted by Gasteiger charge is -2.34. The maximum atomic E-state index is 12.1. The zero-order valence-corrected chi connectivity index (χ0v) is 10.4. The van der Waals surface area contributed by atoms with E-state index in [2.05, 4.69) is 0 Å². The van der Waals surface area contributed by atoms with E-state index in [1.54, 1.807) is 20.8 Å². The number of carbonyl (C=O) groups is 1. The summed E-state index contributed by atoms with van der Waals surface area (Å²) in [6, 6.07) is 0. The second-order valence-corrected chi connectivity index (χ2v) is 7.71. The molecule has 5 heteroatoms. The summed E-state index contributed by atoms with van der Waals surface area (Å²) in [4.78, 5) is 10.7. The molecule has 1 saturated heterocycles. The molecule has 0 saturated carbocycles. The molecular weight excluding hydrogens is 214 g/mol. The number of hydrogen-bond donors (Lipinski definition) is 0. The topological polar surface area (TPSA) is 54.5 Å². The Morgan fingerprint density at radius 2 is 1.93 bits per heavy atom. The molecule has 1 rings (SSSR count). The van der Waals surface area contributed by atoms with Crippen LogP contribution in [0.15, 0.2) is 0 Å². The van der Waals surface area contributed by atoms with Crippen LogP contribution in [0.5, 0.6) is 0 Å². The maximum absolute atomic E-state index is 12.1. The average Bonchev–Trinajstić information content (AvgIpc) is 2.16. The van der Waals surface area contributed by atoms with Crippen LogP contribution in [0, 0.1) is 5.92 Å². The first-order chi connectivity index (χ1) is 6.79. The SMILES string of the molecule is CC(C)(C)S(=O)(=O)N1CCCC(C=O)C1. The monoisotopic (exact) mass is 233 g/mol. The average molecular weight is 233 g/mol. The van der Waals surface area contributed by atoms with Crippen molar-refractivity contribution in [2.75, 3.05) is 13.1 Å². The molecule has 1 heterocycles. The van der Waals surface area contributed by atoms with E-state index in [0.29, 0.717) is 13.1 Å². The highest BCUT2D eigenvalue weighted by Gasteiger charge is 2.37. The highest BCUT2D eigenvalue weighted by Crippen LogP contribution is 2.25. The number of carbonyl (C=O) groups excluding carboxylic acids is 1. The van der Waals surface area contributed by atoms with Gasteiger partial charge < -0.3 is 4.79 Å². The van der Waals surface area contributed by atoms with E-state index >= 15 is 0 Å². The molecule has 0 aromatic carbocycles. The zero-order valence-electron chi connectivity index (χ0n) is 9.56. The van der Waals surface area contributed by atoms with Crippen LogP contribution in [0.25, 0.3) is 0 Å². The van der Waals surface area contributed by atoms with Crippen LogP contribution < -0.4 is 0 Å². The number of piperidine rings is 1. The van der Waals surface area contributed by atoms with E-state index in [-0.39, 0.29) is 5.92 Å². The number of hydrogen-bond acceptors (Lipinski definition) is 3. The lowest BCUT2D eigenvalue weighted by molar-refractivity contribution is -0.112. The molecule has 1 aliphatic rings. The van der Waals surface area contributed by atoms with Crippen molar-refractivity contribution in [2.24, 2.45) is 5.92 Å². The number of rotatable bonds is 2. The second-order valence-electron chi connectivity index (χ2n) is 5.01.